The van der Waals surface area contributed by atoms with Crippen LogP contribution in [0, 0.1) is 13.8 Å². The number of anilines is 1. The van der Waals surface area contributed by atoms with Gasteiger partial charge in [0.2, 0.25) is 0 Å². The molecule has 1 aliphatic heterocycles. The number of fused-ring (bicyclic) bond motifs is 1. The Bertz CT molecular complexity index is 622. The molecule has 0 saturated heterocycles. The number of nitrogens with zero attached hydrogens (tertiary/aromatic N) is 3. The zero-order valence-corrected chi connectivity index (χ0v) is 13.4. The quantitative estimate of drug-likeness (QED) is 0.837. The third kappa shape index (κ3) is 2.70. The molecule has 1 aliphatic rings. The van der Waals surface area contributed by atoms with E-state index in [-0.39, 0.29) is 0 Å². The summed E-state index contributed by atoms with van der Waals surface area (Å²) >= 11 is 3.48. The molecule has 0 fully saturated rings. The van der Waals surface area contributed by atoms with Gasteiger partial charge >= 0.3 is 0 Å². The highest BCUT2D eigenvalue weighted by Gasteiger charge is 2.21. The fourth-order valence-electron chi connectivity index (χ4n) is 2.79. The van der Waals surface area contributed by atoms with Gasteiger partial charge in [-0.25, -0.2) is 9.97 Å². The minimum atomic E-state index is 0.865. The van der Waals surface area contributed by atoms with Crippen LogP contribution in [0.25, 0.3) is 0 Å². The lowest BCUT2D eigenvalue weighted by Gasteiger charge is -2.31. The van der Waals surface area contributed by atoms with Gasteiger partial charge in [-0.1, -0.05) is 28.1 Å². The van der Waals surface area contributed by atoms with Crippen molar-refractivity contribution in [1.82, 2.24) is 9.97 Å². The summed E-state index contributed by atoms with van der Waals surface area (Å²) in [6, 6.07) is 8.52. The third-order valence-electron chi connectivity index (χ3n) is 3.74. The summed E-state index contributed by atoms with van der Waals surface area (Å²) in [5.41, 5.74) is 3.77. The molecule has 2 aromatic rings. The predicted molar refractivity (Wildman–Crippen MR) is 85.0 cm³/mol. The average molecular weight is 332 g/mol. The number of hydrogen-bond donors (Lipinski definition) is 0. The molecular weight excluding hydrogens is 314 g/mol. The lowest BCUT2D eigenvalue weighted by atomic mass is 10.0. The molecule has 0 spiro atoms. The standard InChI is InChI=1S/C16H18BrN3/c1-11-15-4-3-9-20(16(15)19-12(2)18-11)10-13-5-7-14(17)8-6-13/h5-8H,3-4,9-10H2,1-2H3. The van der Waals surface area contributed by atoms with Crippen molar-refractivity contribution in [2.75, 3.05) is 11.4 Å². The topological polar surface area (TPSA) is 29.0 Å². The first kappa shape index (κ1) is 13.6. The Hall–Kier alpha value is -1.42. The molecule has 0 unspecified atom stereocenters. The first-order valence-corrected chi connectivity index (χ1v) is 7.76. The summed E-state index contributed by atoms with van der Waals surface area (Å²) in [4.78, 5) is 11.5. The van der Waals surface area contributed by atoms with Crippen molar-refractivity contribution in [3.63, 3.8) is 0 Å². The number of aryl methyl sites for hydroxylation is 2. The SMILES string of the molecule is Cc1nc(C)c2c(n1)N(Cc1ccc(Br)cc1)CCC2. The summed E-state index contributed by atoms with van der Waals surface area (Å²) in [6.45, 7) is 6.05. The zero-order valence-electron chi connectivity index (χ0n) is 11.9. The van der Waals surface area contributed by atoms with Crippen LogP contribution >= 0.6 is 15.9 Å². The van der Waals surface area contributed by atoms with Crippen LogP contribution in [0.4, 0.5) is 5.82 Å². The van der Waals surface area contributed by atoms with Crippen LogP contribution in [0.15, 0.2) is 28.7 Å². The monoisotopic (exact) mass is 331 g/mol. The average Bonchev–Trinajstić information content (AvgIpc) is 2.42. The maximum Gasteiger partial charge on any atom is 0.136 e. The van der Waals surface area contributed by atoms with Crippen molar-refractivity contribution in [3.05, 3.63) is 51.4 Å². The lowest BCUT2D eigenvalue weighted by Crippen LogP contribution is -2.31. The molecule has 0 amide bonds. The van der Waals surface area contributed by atoms with Crippen LogP contribution in [-0.4, -0.2) is 16.5 Å². The first-order chi connectivity index (χ1) is 9.63. The van der Waals surface area contributed by atoms with Gasteiger partial charge in [-0.3, -0.25) is 0 Å². The number of rotatable bonds is 2. The van der Waals surface area contributed by atoms with E-state index in [0.717, 1.165) is 41.3 Å². The van der Waals surface area contributed by atoms with E-state index in [2.05, 4.69) is 62.0 Å². The van der Waals surface area contributed by atoms with Crippen molar-refractivity contribution in [2.45, 2.75) is 33.2 Å². The molecule has 0 saturated carbocycles. The Kier molecular flexibility index (Phi) is 3.74. The molecule has 3 rings (SSSR count). The van der Waals surface area contributed by atoms with Gasteiger partial charge in [0.25, 0.3) is 0 Å². The molecule has 20 heavy (non-hydrogen) atoms. The van der Waals surface area contributed by atoms with Gasteiger partial charge in [0.1, 0.15) is 11.6 Å². The fourth-order valence-corrected chi connectivity index (χ4v) is 3.05. The molecular formula is C16H18BrN3. The largest absolute Gasteiger partial charge is 0.352 e. The molecule has 0 aliphatic carbocycles. The Morgan fingerprint density at radius 2 is 1.90 bits per heavy atom. The normalized spacial score (nSPS) is 14.2. The molecule has 0 bridgehead atoms. The second kappa shape index (κ2) is 5.52. The summed E-state index contributed by atoms with van der Waals surface area (Å²) in [5.74, 6) is 1.99. The molecule has 104 valence electrons. The number of hydrogen-bond acceptors (Lipinski definition) is 3. The molecule has 0 N–H and O–H groups in total. The Labute approximate surface area is 128 Å². The van der Waals surface area contributed by atoms with Crippen LogP contribution in [-0.2, 0) is 13.0 Å². The molecule has 1 aromatic carbocycles. The number of aromatic nitrogens is 2. The fraction of sp³-hybridized carbons (Fsp3) is 0.375. The Balaban J connectivity index is 1.91. The lowest BCUT2D eigenvalue weighted by molar-refractivity contribution is 0.665. The van der Waals surface area contributed by atoms with E-state index < -0.39 is 0 Å². The van der Waals surface area contributed by atoms with Crippen molar-refractivity contribution in [3.8, 4) is 0 Å². The number of halogens is 1. The third-order valence-corrected chi connectivity index (χ3v) is 4.27. The summed E-state index contributed by atoms with van der Waals surface area (Å²) in [6.07, 6.45) is 2.27. The zero-order chi connectivity index (χ0) is 14.1. The highest BCUT2D eigenvalue weighted by atomic mass is 79.9. The van der Waals surface area contributed by atoms with Crippen molar-refractivity contribution in [2.24, 2.45) is 0 Å². The Morgan fingerprint density at radius 3 is 2.65 bits per heavy atom. The van der Waals surface area contributed by atoms with Gasteiger partial charge in [-0.2, -0.15) is 0 Å². The van der Waals surface area contributed by atoms with Crippen molar-refractivity contribution in [1.29, 1.82) is 0 Å². The minimum absolute atomic E-state index is 0.865. The van der Waals surface area contributed by atoms with Gasteiger partial charge < -0.3 is 4.90 Å². The van der Waals surface area contributed by atoms with Crippen LogP contribution in [0.1, 0.15) is 29.1 Å². The van der Waals surface area contributed by atoms with Gasteiger partial charge in [-0.15, -0.1) is 0 Å². The van der Waals surface area contributed by atoms with Gasteiger partial charge in [0.15, 0.2) is 0 Å². The summed E-state index contributed by atoms with van der Waals surface area (Å²) in [7, 11) is 0. The van der Waals surface area contributed by atoms with Crippen LogP contribution < -0.4 is 4.90 Å². The van der Waals surface area contributed by atoms with E-state index in [0.29, 0.717) is 0 Å². The van der Waals surface area contributed by atoms with Gasteiger partial charge in [0, 0.05) is 28.8 Å². The van der Waals surface area contributed by atoms with E-state index >= 15 is 0 Å². The van der Waals surface area contributed by atoms with E-state index in [9.17, 15) is 0 Å². The second-order valence-electron chi connectivity index (χ2n) is 5.31. The Morgan fingerprint density at radius 1 is 1.15 bits per heavy atom. The van der Waals surface area contributed by atoms with Crippen LogP contribution in [0.5, 0.6) is 0 Å². The molecule has 0 radical (unpaired) electrons. The smallest absolute Gasteiger partial charge is 0.136 e. The summed E-state index contributed by atoms with van der Waals surface area (Å²) < 4.78 is 1.12. The minimum Gasteiger partial charge on any atom is -0.352 e. The van der Waals surface area contributed by atoms with Gasteiger partial charge in [-0.05, 0) is 44.4 Å². The predicted octanol–water partition coefficient (Wildman–Crippen LogP) is 3.81. The second-order valence-corrected chi connectivity index (χ2v) is 6.23. The van der Waals surface area contributed by atoms with Crippen molar-refractivity contribution >= 4 is 21.7 Å². The first-order valence-electron chi connectivity index (χ1n) is 6.97. The summed E-state index contributed by atoms with van der Waals surface area (Å²) in [5, 5.41) is 0. The molecule has 0 atom stereocenters. The maximum atomic E-state index is 4.68. The molecule has 4 heteroatoms. The highest BCUT2D eigenvalue weighted by Crippen LogP contribution is 2.28. The van der Waals surface area contributed by atoms with E-state index in [1.165, 1.54) is 17.5 Å². The molecule has 3 nitrogen and oxygen atoms in total. The highest BCUT2D eigenvalue weighted by molar-refractivity contribution is 9.10. The maximum absolute atomic E-state index is 4.68. The van der Waals surface area contributed by atoms with Crippen LogP contribution in [0.2, 0.25) is 0 Å². The van der Waals surface area contributed by atoms with Crippen LogP contribution in [0.3, 0.4) is 0 Å². The van der Waals surface area contributed by atoms with E-state index in [1.54, 1.807) is 0 Å². The number of benzene rings is 1. The molecule has 1 aromatic heterocycles. The van der Waals surface area contributed by atoms with Gasteiger partial charge in [0.05, 0.1) is 0 Å². The van der Waals surface area contributed by atoms with E-state index in [4.69, 9.17) is 0 Å². The van der Waals surface area contributed by atoms with E-state index in [1.807, 2.05) is 6.92 Å². The molecule has 2 heterocycles. The van der Waals surface area contributed by atoms with Crippen molar-refractivity contribution < 1.29 is 0 Å².